The van der Waals surface area contributed by atoms with Crippen molar-refractivity contribution in [3.8, 4) is 0 Å². The lowest BCUT2D eigenvalue weighted by molar-refractivity contribution is -0.150. The van der Waals surface area contributed by atoms with Crippen LogP contribution in [0.3, 0.4) is 0 Å². The zero-order valence-electron chi connectivity index (χ0n) is 9.15. The van der Waals surface area contributed by atoms with Crippen molar-refractivity contribution in [3.63, 3.8) is 0 Å². The number of ketones is 1. The van der Waals surface area contributed by atoms with Gasteiger partial charge in [-0.05, 0) is 19.6 Å². The first-order valence-electron chi connectivity index (χ1n) is 4.60. The lowest BCUT2D eigenvalue weighted by Crippen LogP contribution is -2.69. The van der Waals surface area contributed by atoms with E-state index in [0.717, 1.165) is 0 Å². The van der Waals surface area contributed by atoms with Crippen molar-refractivity contribution in [1.82, 2.24) is 0 Å². The van der Waals surface area contributed by atoms with E-state index in [4.69, 9.17) is 27.6 Å². The molecule has 0 heterocycles. The molecule has 1 atom stereocenters. The Balaban J connectivity index is 2.84. The SMILES string of the molecule is CC1(C)C(=O)C(Cl)(Cl)C1O[Si](C)(C)C. The summed E-state index contributed by atoms with van der Waals surface area (Å²) in [5.41, 5.74) is -0.552. The van der Waals surface area contributed by atoms with E-state index in [1.807, 2.05) is 13.8 Å². The molecule has 0 N–H and O–H groups in total. The number of alkyl halides is 2. The minimum atomic E-state index is -1.72. The van der Waals surface area contributed by atoms with Crippen LogP contribution in [0, 0.1) is 5.41 Å². The molecule has 5 heteroatoms. The summed E-state index contributed by atoms with van der Waals surface area (Å²) in [6, 6.07) is 0. The monoisotopic (exact) mass is 254 g/mol. The topological polar surface area (TPSA) is 26.3 Å². The van der Waals surface area contributed by atoms with Crippen LogP contribution in [0.4, 0.5) is 0 Å². The molecule has 1 saturated carbocycles. The molecular formula is C9H16Cl2O2Si. The maximum Gasteiger partial charge on any atom is 0.202 e. The zero-order valence-corrected chi connectivity index (χ0v) is 11.7. The largest absolute Gasteiger partial charge is 0.410 e. The van der Waals surface area contributed by atoms with Gasteiger partial charge in [0.1, 0.15) is 0 Å². The van der Waals surface area contributed by atoms with Gasteiger partial charge in [0.05, 0.1) is 11.5 Å². The predicted octanol–water partition coefficient (Wildman–Crippen LogP) is 2.99. The highest BCUT2D eigenvalue weighted by Crippen LogP contribution is 2.53. The van der Waals surface area contributed by atoms with E-state index >= 15 is 0 Å². The quantitative estimate of drug-likeness (QED) is 0.560. The lowest BCUT2D eigenvalue weighted by Gasteiger charge is -2.53. The van der Waals surface area contributed by atoms with Crippen molar-refractivity contribution in [1.29, 1.82) is 0 Å². The molecule has 0 aromatic rings. The van der Waals surface area contributed by atoms with Gasteiger partial charge in [-0.25, -0.2) is 0 Å². The number of hydrogen-bond donors (Lipinski definition) is 0. The van der Waals surface area contributed by atoms with Crippen LogP contribution in [0.5, 0.6) is 0 Å². The molecule has 1 aliphatic carbocycles. The summed E-state index contributed by atoms with van der Waals surface area (Å²) in [4.78, 5) is 11.6. The number of rotatable bonds is 2. The third kappa shape index (κ3) is 1.87. The molecule has 0 aliphatic heterocycles. The standard InChI is InChI=1S/C9H16Cl2O2Si/c1-8(2)6(12)9(10,11)7(8)13-14(3,4)5/h7H,1-5H3. The van der Waals surface area contributed by atoms with Crippen LogP contribution >= 0.6 is 23.2 Å². The minimum Gasteiger partial charge on any atom is -0.410 e. The number of carbonyl (C=O) groups excluding carboxylic acids is 1. The van der Waals surface area contributed by atoms with Gasteiger partial charge in [-0.15, -0.1) is 0 Å². The third-order valence-corrected chi connectivity index (χ3v) is 4.03. The van der Waals surface area contributed by atoms with Crippen LogP contribution in [0.1, 0.15) is 13.8 Å². The molecule has 0 spiro atoms. The Labute approximate surface area is 96.0 Å². The average Bonchev–Trinajstić information content (AvgIpc) is 1.97. The Morgan fingerprint density at radius 1 is 1.29 bits per heavy atom. The second kappa shape index (κ2) is 3.21. The maximum absolute atomic E-state index is 11.6. The van der Waals surface area contributed by atoms with Crippen LogP contribution in [-0.4, -0.2) is 24.5 Å². The zero-order chi connectivity index (χ0) is 11.4. The van der Waals surface area contributed by atoms with Gasteiger partial charge >= 0.3 is 0 Å². The van der Waals surface area contributed by atoms with Crippen LogP contribution in [0.15, 0.2) is 0 Å². The summed E-state index contributed by atoms with van der Waals surface area (Å²) in [6.07, 6.45) is -0.377. The Morgan fingerprint density at radius 3 is 2.00 bits per heavy atom. The van der Waals surface area contributed by atoms with E-state index < -0.39 is 18.1 Å². The molecule has 0 saturated heterocycles. The lowest BCUT2D eigenvalue weighted by atomic mass is 9.67. The number of Topliss-reactive ketones (excluding diaryl/α,β-unsaturated/α-hetero) is 1. The molecule has 14 heavy (non-hydrogen) atoms. The molecule has 0 aromatic carbocycles. The highest BCUT2D eigenvalue weighted by molar-refractivity contribution is 6.70. The van der Waals surface area contributed by atoms with E-state index in [1.54, 1.807) is 0 Å². The van der Waals surface area contributed by atoms with Gasteiger partial charge in [0, 0.05) is 0 Å². The summed E-state index contributed by atoms with van der Waals surface area (Å²) in [6.45, 7) is 9.80. The van der Waals surface area contributed by atoms with Gasteiger partial charge in [-0.1, -0.05) is 37.0 Å². The van der Waals surface area contributed by atoms with Crippen LogP contribution in [0.25, 0.3) is 0 Å². The number of carbonyl (C=O) groups is 1. The average molecular weight is 255 g/mol. The van der Waals surface area contributed by atoms with Crippen molar-refractivity contribution in [2.24, 2.45) is 5.41 Å². The highest BCUT2D eigenvalue weighted by Gasteiger charge is 2.67. The fraction of sp³-hybridized carbons (Fsp3) is 0.889. The van der Waals surface area contributed by atoms with Crippen LogP contribution in [-0.2, 0) is 9.22 Å². The van der Waals surface area contributed by atoms with E-state index in [0.29, 0.717) is 0 Å². The van der Waals surface area contributed by atoms with E-state index in [-0.39, 0.29) is 11.9 Å². The van der Waals surface area contributed by atoms with Crippen molar-refractivity contribution in [3.05, 3.63) is 0 Å². The Hall–Kier alpha value is 0.427. The van der Waals surface area contributed by atoms with E-state index in [1.165, 1.54) is 0 Å². The van der Waals surface area contributed by atoms with Gasteiger partial charge in [0.25, 0.3) is 0 Å². The number of hydrogen-bond acceptors (Lipinski definition) is 2. The van der Waals surface area contributed by atoms with Gasteiger partial charge in [-0.2, -0.15) is 0 Å². The predicted molar refractivity (Wildman–Crippen MR) is 61.4 cm³/mol. The van der Waals surface area contributed by atoms with E-state index in [2.05, 4.69) is 19.6 Å². The summed E-state index contributed by atoms with van der Waals surface area (Å²) in [5.74, 6) is -0.142. The molecule has 82 valence electrons. The second-order valence-corrected chi connectivity index (χ2v) is 11.1. The summed E-state index contributed by atoms with van der Waals surface area (Å²) in [7, 11) is -1.72. The molecule has 0 aromatic heterocycles. The first-order valence-corrected chi connectivity index (χ1v) is 8.76. The molecule has 2 nitrogen and oxygen atoms in total. The molecule has 0 radical (unpaired) electrons. The Bertz CT molecular complexity index is 250. The minimum absolute atomic E-state index is 0.142. The van der Waals surface area contributed by atoms with Crippen LogP contribution < -0.4 is 0 Å². The van der Waals surface area contributed by atoms with Gasteiger partial charge < -0.3 is 4.43 Å². The smallest absolute Gasteiger partial charge is 0.202 e. The second-order valence-electron chi connectivity index (χ2n) is 5.28. The molecule has 1 fully saturated rings. The highest BCUT2D eigenvalue weighted by atomic mass is 35.5. The molecule has 1 aliphatic rings. The van der Waals surface area contributed by atoms with Crippen molar-refractivity contribution in [2.75, 3.05) is 0 Å². The molecule has 0 amide bonds. The normalized spacial score (nSPS) is 29.9. The molecule has 1 rings (SSSR count). The summed E-state index contributed by atoms with van der Waals surface area (Å²) >= 11 is 11.8. The summed E-state index contributed by atoms with van der Waals surface area (Å²) in [5, 5.41) is 0. The molecule has 0 bridgehead atoms. The maximum atomic E-state index is 11.6. The first-order chi connectivity index (χ1) is 5.99. The fourth-order valence-electron chi connectivity index (χ4n) is 1.62. The van der Waals surface area contributed by atoms with Crippen molar-refractivity contribution >= 4 is 37.3 Å². The Kier molecular flexibility index (Phi) is 2.86. The van der Waals surface area contributed by atoms with Gasteiger partial charge in [0.15, 0.2) is 14.1 Å². The van der Waals surface area contributed by atoms with Crippen molar-refractivity contribution < 1.29 is 9.22 Å². The van der Waals surface area contributed by atoms with Gasteiger partial charge in [0.2, 0.25) is 4.33 Å². The van der Waals surface area contributed by atoms with Crippen molar-refractivity contribution in [2.45, 2.75) is 43.9 Å². The summed E-state index contributed by atoms with van der Waals surface area (Å²) < 4.78 is 4.49. The fourth-order valence-corrected chi connectivity index (χ4v) is 4.07. The molecule has 1 unspecified atom stereocenters. The Morgan fingerprint density at radius 2 is 1.71 bits per heavy atom. The van der Waals surface area contributed by atoms with Gasteiger partial charge in [-0.3, -0.25) is 4.79 Å². The first kappa shape index (κ1) is 12.5. The number of halogens is 2. The molecular weight excluding hydrogens is 239 g/mol. The third-order valence-electron chi connectivity index (χ3n) is 2.34. The van der Waals surface area contributed by atoms with E-state index in [9.17, 15) is 4.79 Å². The van der Waals surface area contributed by atoms with Crippen LogP contribution in [0.2, 0.25) is 19.6 Å².